The standard InChI is InChI=1S/C27H21ClF5N7O3S/c1-38-20(11-22(36-38)27(31,32)33)15-12-34-26(35-13-15)40-6-4-14-7-17(10-21(25(14)40)39-5-2-3-23(39)41)44(42,43)37-24-18(29)8-16(28)9-19(24)30/h7-13,37H,2-6H2,1H3. The number of amides is 1. The van der Waals surface area contributed by atoms with Gasteiger partial charge in [-0.1, -0.05) is 11.6 Å². The molecule has 4 aromatic rings. The van der Waals surface area contributed by atoms with Gasteiger partial charge in [0.2, 0.25) is 11.9 Å². The molecule has 44 heavy (non-hydrogen) atoms. The van der Waals surface area contributed by atoms with Crippen molar-refractivity contribution in [2.24, 2.45) is 7.05 Å². The van der Waals surface area contributed by atoms with E-state index in [2.05, 4.69) is 15.1 Å². The summed E-state index contributed by atoms with van der Waals surface area (Å²) in [4.78, 5) is 24.3. The minimum atomic E-state index is -4.63. The van der Waals surface area contributed by atoms with Crippen molar-refractivity contribution in [3.63, 3.8) is 0 Å². The third kappa shape index (κ3) is 5.32. The molecule has 2 aromatic carbocycles. The van der Waals surface area contributed by atoms with Crippen molar-refractivity contribution in [1.82, 2.24) is 19.7 Å². The minimum absolute atomic E-state index is 0.143. The second-order valence-corrected chi connectivity index (χ2v) is 12.3. The summed E-state index contributed by atoms with van der Waals surface area (Å²) in [5.41, 5.74) is -0.319. The van der Waals surface area contributed by atoms with Gasteiger partial charge in [-0.3, -0.25) is 14.2 Å². The first-order valence-corrected chi connectivity index (χ1v) is 14.9. The van der Waals surface area contributed by atoms with E-state index in [4.69, 9.17) is 11.6 Å². The molecule has 1 N–H and O–H groups in total. The first kappa shape index (κ1) is 29.7. The predicted octanol–water partition coefficient (Wildman–Crippen LogP) is 5.45. The maximum Gasteiger partial charge on any atom is 0.435 e. The van der Waals surface area contributed by atoms with E-state index in [-0.39, 0.29) is 51.7 Å². The minimum Gasteiger partial charge on any atom is -0.310 e. The Bertz CT molecular complexity index is 1890. The van der Waals surface area contributed by atoms with Crippen LogP contribution in [0, 0.1) is 11.6 Å². The van der Waals surface area contributed by atoms with Gasteiger partial charge in [-0.15, -0.1) is 0 Å². The molecule has 2 aliphatic heterocycles. The van der Waals surface area contributed by atoms with Gasteiger partial charge >= 0.3 is 6.18 Å². The zero-order chi connectivity index (χ0) is 31.6. The van der Waals surface area contributed by atoms with Gasteiger partial charge in [-0.25, -0.2) is 27.2 Å². The van der Waals surface area contributed by atoms with Gasteiger partial charge in [0.05, 0.1) is 22.0 Å². The molecule has 0 bridgehead atoms. The molecular formula is C27H21ClF5N7O3S. The van der Waals surface area contributed by atoms with E-state index in [1.54, 1.807) is 4.90 Å². The predicted molar refractivity (Wildman–Crippen MR) is 150 cm³/mol. The van der Waals surface area contributed by atoms with Crippen molar-refractivity contribution < 1.29 is 35.2 Å². The van der Waals surface area contributed by atoms with E-state index < -0.39 is 39.2 Å². The summed E-state index contributed by atoms with van der Waals surface area (Å²) >= 11 is 5.66. The Hall–Kier alpha value is -4.31. The molecule has 0 radical (unpaired) electrons. The van der Waals surface area contributed by atoms with Crippen molar-refractivity contribution in [2.75, 3.05) is 27.6 Å². The Kier molecular flexibility index (Phi) is 7.23. The van der Waals surface area contributed by atoms with Crippen LogP contribution in [0.2, 0.25) is 5.02 Å². The first-order chi connectivity index (χ1) is 20.7. The highest BCUT2D eigenvalue weighted by atomic mass is 35.5. The van der Waals surface area contributed by atoms with Crippen LogP contribution in [0.4, 0.5) is 45.0 Å². The van der Waals surface area contributed by atoms with E-state index in [1.165, 1.54) is 36.5 Å². The van der Waals surface area contributed by atoms with Crippen LogP contribution in [-0.4, -0.2) is 47.2 Å². The number of sulfonamides is 1. The van der Waals surface area contributed by atoms with Crippen LogP contribution in [0.3, 0.4) is 0 Å². The van der Waals surface area contributed by atoms with Crippen LogP contribution in [-0.2, 0) is 34.5 Å². The van der Waals surface area contributed by atoms with Crippen molar-refractivity contribution in [3.05, 3.63) is 70.6 Å². The Morgan fingerprint density at radius 2 is 1.64 bits per heavy atom. The molecule has 0 aliphatic carbocycles. The van der Waals surface area contributed by atoms with Gasteiger partial charge in [0.15, 0.2) is 17.3 Å². The zero-order valence-corrected chi connectivity index (χ0v) is 24.2. The van der Waals surface area contributed by atoms with Crippen molar-refractivity contribution in [2.45, 2.75) is 30.3 Å². The number of hydrogen-bond acceptors (Lipinski definition) is 7. The smallest absolute Gasteiger partial charge is 0.310 e. The van der Waals surface area contributed by atoms with Crippen molar-refractivity contribution in [3.8, 4) is 11.3 Å². The second kappa shape index (κ2) is 10.7. The molecule has 4 heterocycles. The van der Waals surface area contributed by atoms with Gasteiger partial charge in [-0.05, 0) is 48.7 Å². The summed E-state index contributed by atoms with van der Waals surface area (Å²) in [5.74, 6) is -2.49. The lowest BCUT2D eigenvalue weighted by Gasteiger charge is -2.26. The van der Waals surface area contributed by atoms with E-state index in [1.807, 2.05) is 4.72 Å². The average Bonchev–Trinajstić information content (AvgIpc) is 3.68. The number of nitrogens with zero attached hydrogens (tertiary/aromatic N) is 6. The lowest BCUT2D eigenvalue weighted by atomic mass is 10.1. The Morgan fingerprint density at radius 3 is 2.23 bits per heavy atom. The number of rotatable bonds is 6. The SMILES string of the molecule is Cn1nc(C(F)(F)F)cc1-c1cnc(N2CCc3cc(S(=O)(=O)Nc4c(F)cc(Cl)cc4F)cc(N4CCCC4=O)c32)nc1. The molecule has 17 heteroatoms. The largest absolute Gasteiger partial charge is 0.435 e. The van der Waals surface area contributed by atoms with Gasteiger partial charge in [0.1, 0.15) is 5.69 Å². The lowest BCUT2D eigenvalue weighted by Crippen LogP contribution is -2.27. The number of alkyl halides is 3. The van der Waals surface area contributed by atoms with E-state index >= 15 is 0 Å². The van der Waals surface area contributed by atoms with E-state index in [0.717, 1.165) is 22.9 Å². The summed E-state index contributed by atoms with van der Waals surface area (Å²) in [6, 6.07) is 5.02. The van der Waals surface area contributed by atoms with Crippen molar-refractivity contribution >= 4 is 50.5 Å². The highest BCUT2D eigenvalue weighted by Gasteiger charge is 2.36. The van der Waals surface area contributed by atoms with Gasteiger partial charge in [-0.2, -0.15) is 18.3 Å². The normalized spacial score (nSPS) is 15.3. The number of fused-ring (bicyclic) bond motifs is 1. The number of aromatic nitrogens is 4. The highest BCUT2D eigenvalue weighted by Crippen LogP contribution is 2.44. The van der Waals surface area contributed by atoms with Crippen LogP contribution >= 0.6 is 11.6 Å². The van der Waals surface area contributed by atoms with Gasteiger partial charge < -0.3 is 9.80 Å². The molecule has 0 atom stereocenters. The highest BCUT2D eigenvalue weighted by molar-refractivity contribution is 7.92. The second-order valence-electron chi connectivity index (χ2n) is 10.2. The Balaban J connectivity index is 1.38. The zero-order valence-electron chi connectivity index (χ0n) is 22.7. The summed E-state index contributed by atoms with van der Waals surface area (Å²) < 4.78 is 98.0. The molecular weight excluding hydrogens is 633 g/mol. The monoisotopic (exact) mass is 653 g/mol. The molecule has 230 valence electrons. The summed E-state index contributed by atoms with van der Waals surface area (Å²) in [7, 11) is -3.18. The number of aryl methyl sites for hydroxylation is 1. The quantitative estimate of drug-likeness (QED) is 0.276. The van der Waals surface area contributed by atoms with Crippen LogP contribution in [0.25, 0.3) is 11.3 Å². The molecule has 1 amide bonds. The third-order valence-electron chi connectivity index (χ3n) is 7.28. The molecule has 1 saturated heterocycles. The van der Waals surface area contributed by atoms with E-state index in [9.17, 15) is 35.2 Å². The summed E-state index contributed by atoms with van der Waals surface area (Å²) in [6.45, 7) is 0.587. The lowest BCUT2D eigenvalue weighted by molar-refractivity contribution is -0.141. The molecule has 2 aromatic heterocycles. The van der Waals surface area contributed by atoms with Crippen LogP contribution < -0.4 is 14.5 Å². The summed E-state index contributed by atoms with van der Waals surface area (Å²) in [5, 5.41) is 3.25. The molecule has 2 aliphatic rings. The topological polar surface area (TPSA) is 113 Å². The molecule has 1 fully saturated rings. The number of carbonyl (C=O) groups is 1. The number of anilines is 4. The Labute approximate surface area is 252 Å². The first-order valence-electron chi connectivity index (χ1n) is 13.1. The van der Waals surface area contributed by atoms with Crippen LogP contribution in [0.5, 0.6) is 0 Å². The van der Waals surface area contributed by atoms with E-state index in [0.29, 0.717) is 30.6 Å². The average molecular weight is 654 g/mol. The number of nitrogens with one attached hydrogen (secondary N) is 1. The van der Waals surface area contributed by atoms with Crippen LogP contribution in [0.1, 0.15) is 24.1 Å². The fraction of sp³-hybridized carbons (Fsp3) is 0.259. The maximum atomic E-state index is 14.4. The molecule has 6 rings (SSSR count). The third-order valence-corrected chi connectivity index (χ3v) is 8.83. The fourth-order valence-electron chi connectivity index (χ4n) is 5.26. The molecule has 0 unspecified atom stereocenters. The number of benzene rings is 2. The fourth-order valence-corrected chi connectivity index (χ4v) is 6.60. The molecule has 0 saturated carbocycles. The van der Waals surface area contributed by atoms with Crippen LogP contribution in [0.15, 0.2) is 47.6 Å². The number of halogens is 6. The molecule has 0 spiro atoms. The van der Waals surface area contributed by atoms with Gasteiger partial charge in [0.25, 0.3) is 10.0 Å². The maximum absolute atomic E-state index is 14.4. The summed E-state index contributed by atoms with van der Waals surface area (Å²) in [6.07, 6.45) is -0.870. The molecule has 10 nitrogen and oxygen atoms in total. The Morgan fingerprint density at radius 1 is 0.955 bits per heavy atom. The van der Waals surface area contributed by atoms with Gasteiger partial charge in [0, 0.05) is 49.5 Å². The van der Waals surface area contributed by atoms with Crippen molar-refractivity contribution in [1.29, 1.82) is 0 Å². The number of hydrogen-bond donors (Lipinski definition) is 1. The number of carbonyl (C=O) groups excluding carboxylic acids is 1.